The average molecular weight is 396 g/mol. The molecule has 0 bridgehead atoms. The number of likely N-dealkylation sites (tertiary alicyclic amines) is 1. The van der Waals surface area contributed by atoms with Crippen LogP contribution in [0, 0.1) is 5.92 Å². The summed E-state index contributed by atoms with van der Waals surface area (Å²) in [5.41, 5.74) is 4.60. The maximum Gasteiger partial charge on any atom is 0.254 e. The van der Waals surface area contributed by atoms with Gasteiger partial charge in [0.05, 0.1) is 5.92 Å². The molecule has 2 aliphatic rings. The van der Waals surface area contributed by atoms with E-state index in [1.165, 1.54) is 29.5 Å². The lowest BCUT2D eigenvalue weighted by Crippen LogP contribution is -2.49. The summed E-state index contributed by atoms with van der Waals surface area (Å²) in [5, 5.41) is 4.24. The molecule has 1 aliphatic carbocycles. The minimum Gasteiger partial charge on any atom is -0.358 e. The largest absolute Gasteiger partial charge is 0.358 e. The molecule has 5 heteroatoms. The van der Waals surface area contributed by atoms with Crippen LogP contribution in [0.2, 0.25) is 0 Å². The Morgan fingerprint density at radius 2 is 2.03 bits per heavy atom. The number of unbranched alkanes of at least 4 members (excludes halogenated alkanes) is 1. The fraction of sp³-hybridized carbons (Fsp3) is 0.583. The summed E-state index contributed by atoms with van der Waals surface area (Å²) in [7, 11) is 0. The monoisotopic (exact) mass is 395 g/mol. The molecule has 1 fully saturated rings. The van der Waals surface area contributed by atoms with Gasteiger partial charge in [0.1, 0.15) is 0 Å². The summed E-state index contributed by atoms with van der Waals surface area (Å²) >= 11 is 0. The van der Waals surface area contributed by atoms with Crippen LogP contribution < -0.4 is 5.32 Å². The molecular formula is C24H33N3O2. The van der Waals surface area contributed by atoms with Gasteiger partial charge in [-0.05, 0) is 75.6 Å². The molecule has 1 aromatic heterocycles. The number of benzene rings is 1. The van der Waals surface area contributed by atoms with Crippen LogP contribution in [-0.4, -0.2) is 40.8 Å². The van der Waals surface area contributed by atoms with Crippen molar-refractivity contribution in [3.8, 4) is 0 Å². The van der Waals surface area contributed by atoms with Gasteiger partial charge in [-0.2, -0.15) is 0 Å². The van der Waals surface area contributed by atoms with Crippen molar-refractivity contribution >= 4 is 22.7 Å². The van der Waals surface area contributed by atoms with Gasteiger partial charge in [0.25, 0.3) is 5.91 Å². The Morgan fingerprint density at radius 3 is 2.86 bits per heavy atom. The van der Waals surface area contributed by atoms with Crippen LogP contribution in [0.15, 0.2) is 18.2 Å². The Bertz CT molecular complexity index is 901. The Labute approximate surface area is 173 Å². The van der Waals surface area contributed by atoms with Crippen molar-refractivity contribution in [3.05, 3.63) is 35.0 Å². The third-order valence-electron chi connectivity index (χ3n) is 6.69. The average Bonchev–Trinajstić information content (AvgIpc) is 3.11. The van der Waals surface area contributed by atoms with E-state index in [9.17, 15) is 9.59 Å². The van der Waals surface area contributed by atoms with Crippen LogP contribution in [-0.2, 0) is 17.6 Å². The topological polar surface area (TPSA) is 65.2 Å². The normalized spacial score (nSPS) is 21.8. The zero-order chi connectivity index (χ0) is 20.4. The molecule has 0 saturated carbocycles. The maximum atomic E-state index is 13.4. The van der Waals surface area contributed by atoms with Crippen LogP contribution in [0.5, 0.6) is 0 Å². The van der Waals surface area contributed by atoms with Crippen molar-refractivity contribution in [1.29, 1.82) is 0 Å². The third kappa shape index (κ3) is 4.05. The van der Waals surface area contributed by atoms with Crippen LogP contribution in [0.3, 0.4) is 0 Å². The first-order chi connectivity index (χ1) is 14.1. The molecule has 2 unspecified atom stereocenters. The molecule has 29 heavy (non-hydrogen) atoms. The van der Waals surface area contributed by atoms with Crippen molar-refractivity contribution in [2.45, 2.75) is 71.3 Å². The summed E-state index contributed by atoms with van der Waals surface area (Å²) in [6.45, 7) is 5.46. The summed E-state index contributed by atoms with van der Waals surface area (Å²) in [6, 6.07) is 6.21. The SMILES string of the molecule is CCCCNC(=O)C1CCC(C)N(C(=O)c2ccc3[nH]c4c(c3c2)CCCC4)C1. The number of H-pyrrole nitrogens is 1. The lowest BCUT2D eigenvalue weighted by molar-refractivity contribution is -0.126. The molecule has 2 atom stereocenters. The molecule has 5 nitrogen and oxygen atoms in total. The summed E-state index contributed by atoms with van der Waals surface area (Å²) < 4.78 is 0. The Morgan fingerprint density at radius 1 is 1.21 bits per heavy atom. The number of aromatic nitrogens is 1. The number of carbonyl (C=O) groups is 2. The number of hydrogen-bond acceptors (Lipinski definition) is 2. The Kier molecular flexibility index (Phi) is 5.93. The predicted molar refractivity (Wildman–Crippen MR) is 116 cm³/mol. The van der Waals surface area contributed by atoms with Crippen molar-refractivity contribution in [1.82, 2.24) is 15.2 Å². The molecular weight excluding hydrogens is 362 g/mol. The van der Waals surface area contributed by atoms with Crippen LogP contribution in [0.1, 0.15) is 74.0 Å². The van der Waals surface area contributed by atoms with E-state index in [-0.39, 0.29) is 23.8 Å². The minimum absolute atomic E-state index is 0.0521. The van der Waals surface area contributed by atoms with E-state index in [2.05, 4.69) is 30.2 Å². The number of nitrogens with zero attached hydrogens (tertiary/aromatic N) is 1. The van der Waals surface area contributed by atoms with Crippen LogP contribution >= 0.6 is 0 Å². The summed E-state index contributed by atoms with van der Waals surface area (Å²) in [4.78, 5) is 31.3. The highest BCUT2D eigenvalue weighted by molar-refractivity contribution is 5.99. The first-order valence-corrected chi connectivity index (χ1v) is 11.3. The van der Waals surface area contributed by atoms with E-state index >= 15 is 0 Å². The minimum atomic E-state index is -0.101. The van der Waals surface area contributed by atoms with Crippen molar-refractivity contribution in [3.63, 3.8) is 0 Å². The van der Waals surface area contributed by atoms with Gasteiger partial charge in [-0.25, -0.2) is 0 Å². The molecule has 0 spiro atoms. The maximum absolute atomic E-state index is 13.4. The first kappa shape index (κ1) is 20.0. The fourth-order valence-electron chi connectivity index (χ4n) is 4.84. The van der Waals surface area contributed by atoms with Gasteiger partial charge >= 0.3 is 0 Å². The van der Waals surface area contributed by atoms with E-state index in [0.29, 0.717) is 6.54 Å². The number of amides is 2. The van der Waals surface area contributed by atoms with Gasteiger partial charge in [-0.3, -0.25) is 9.59 Å². The number of aromatic amines is 1. The van der Waals surface area contributed by atoms with E-state index in [1.54, 1.807) is 0 Å². The fourth-order valence-corrected chi connectivity index (χ4v) is 4.84. The van der Waals surface area contributed by atoms with Crippen LogP contribution in [0.25, 0.3) is 10.9 Å². The van der Waals surface area contributed by atoms with Crippen molar-refractivity contribution < 1.29 is 9.59 Å². The second kappa shape index (κ2) is 8.60. The van der Waals surface area contributed by atoms with Gasteiger partial charge in [0.15, 0.2) is 0 Å². The quantitative estimate of drug-likeness (QED) is 0.745. The zero-order valence-electron chi connectivity index (χ0n) is 17.7. The molecule has 2 N–H and O–H groups in total. The highest BCUT2D eigenvalue weighted by Crippen LogP contribution is 2.31. The highest BCUT2D eigenvalue weighted by Gasteiger charge is 2.33. The predicted octanol–water partition coefficient (Wildman–Crippen LogP) is 4.20. The number of hydrogen-bond donors (Lipinski definition) is 2. The number of rotatable bonds is 5. The number of fused-ring (bicyclic) bond motifs is 3. The Hall–Kier alpha value is -2.30. The molecule has 2 heterocycles. The molecule has 1 saturated heterocycles. The van der Waals surface area contributed by atoms with E-state index in [4.69, 9.17) is 0 Å². The highest BCUT2D eigenvalue weighted by atomic mass is 16.2. The third-order valence-corrected chi connectivity index (χ3v) is 6.69. The summed E-state index contributed by atoms with van der Waals surface area (Å²) in [6.07, 6.45) is 8.44. The zero-order valence-corrected chi connectivity index (χ0v) is 17.7. The lowest BCUT2D eigenvalue weighted by Gasteiger charge is -2.37. The van der Waals surface area contributed by atoms with Crippen molar-refractivity contribution in [2.24, 2.45) is 5.92 Å². The standard InChI is InChI=1S/C24H33N3O2/c1-3-4-13-25-23(28)18-10-9-16(2)27(15-18)24(29)17-11-12-22-20(14-17)19-7-5-6-8-21(19)26-22/h11-12,14,16,18,26H,3-10,13,15H2,1-2H3,(H,25,28). The second-order valence-electron chi connectivity index (χ2n) is 8.77. The second-order valence-corrected chi connectivity index (χ2v) is 8.77. The molecule has 156 valence electrons. The van der Waals surface area contributed by atoms with E-state index in [1.807, 2.05) is 17.0 Å². The molecule has 2 aromatic rings. The van der Waals surface area contributed by atoms with Crippen LogP contribution in [0.4, 0.5) is 0 Å². The smallest absolute Gasteiger partial charge is 0.254 e. The van der Waals surface area contributed by atoms with E-state index < -0.39 is 0 Å². The molecule has 2 amide bonds. The number of carbonyl (C=O) groups excluding carboxylic acids is 2. The number of aryl methyl sites for hydroxylation is 2. The van der Waals surface area contributed by atoms with Gasteiger partial charge in [0.2, 0.25) is 5.91 Å². The molecule has 0 radical (unpaired) electrons. The van der Waals surface area contributed by atoms with Gasteiger partial charge in [-0.1, -0.05) is 13.3 Å². The Balaban J connectivity index is 1.52. The number of piperidine rings is 1. The van der Waals surface area contributed by atoms with Gasteiger partial charge in [0, 0.05) is 41.3 Å². The lowest BCUT2D eigenvalue weighted by atomic mass is 9.91. The van der Waals surface area contributed by atoms with Gasteiger partial charge in [-0.15, -0.1) is 0 Å². The first-order valence-electron chi connectivity index (χ1n) is 11.3. The van der Waals surface area contributed by atoms with E-state index in [0.717, 1.165) is 56.1 Å². The number of nitrogens with one attached hydrogen (secondary N) is 2. The molecule has 1 aromatic carbocycles. The molecule has 4 rings (SSSR count). The summed E-state index contributed by atoms with van der Waals surface area (Å²) in [5.74, 6) is 0.0466. The van der Waals surface area contributed by atoms with Crippen molar-refractivity contribution in [2.75, 3.05) is 13.1 Å². The molecule has 1 aliphatic heterocycles. The van der Waals surface area contributed by atoms with Gasteiger partial charge < -0.3 is 15.2 Å².